The van der Waals surface area contributed by atoms with Crippen LogP contribution < -0.4 is 15.2 Å². The monoisotopic (exact) mass is 419 g/mol. The maximum absolute atomic E-state index is 10.5. The van der Waals surface area contributed by atoms with Gasteiger partial charge in [0.2, 0.25) is 6.79 Å². The Morgan fingerprint density at radius 2 is 1.86 bits per heavy atom. The summed E-state index contributed by atoms with van der Waals surface area (Å²) in [6, 6.07) is 3.16. The lowest BCUT2D eigenvalue weighted by atomic mass is 10.2. The second kappa shape index (κ2) is 5.59. The Labute approximate surface area is 104 Å². The van der Waals surface area contributed by atoms with Crippen LogP contribution >= 0.6 is 37.2 Å². The first-order valence-corrected chi connectivity index (χ1v) is 9.88. The average molecular weight is 419 g/mol. The largest absolute Gasteiger partial charge is 0.454 e. The Bertz CT molecular complexity index is 344. The van der Waals surface area contributed by atoms with Crippen molar-refractivity contribution in [2.75, 3.05) is 12.5 Å². The van der Waals surface area contributed by atoms with Gasteiger partial charge in [-0.15, -0.1) is 0 Å². The number of nitrogen functional groups attached to an aromatic ring is 1. The fourth-order valence-electron chi connectivity index (χ4n) is 1.08. The van der Waals surface area contributed by atoms with E-state index in [2.05, 4.69) is 37.2 Å². The predicted molar refractivity (Wildman–Crippen MR) is 70.4 cm³/mol. The van der Waals surface area contributed by atoms with Crippen LogP contribution in [-0.2, 0) is 0 Å². The van der Waals surface area contributed by atoms with Crippen LogP contribution in [0.3, 0.4) is 0 Å². The number of hydrogen-bond donors (Lipinski definition) is 1. The number of carbonyl (C=O) groups is 1. The third-order valence-electron chi connectivity index (χ3n) is 1.71. The Hall–Kier alpha value is -0.250. The van der Waals surface area contributed by atoms with Gasteiger partial charge in [0.25, 0.3) is 0 Å². The Balaban J connectivity index is 0.000000461. The molecule has 0 atom stereocenters. The first-order chi connectivity index (χ1) is 6.81. The number of ether oxygens (including phenoxy) is 2. The van der Waals surface area contributed by atoms with Crippen molar-refractivity contribution in [1.82, 2.24) is 0 Å². The average Bonchev–Trinajstić information content (AvgIpc) is 2.66. The molecular formula is C8H7I2NO3. The number of aldehydes is 1. The minimum Gasteiger partial charge on any atom is -0.454 e. The van der Waals surface area contributed by atoms with E-state index in [-0.39, 0.29) is 6.79 Å². The molecule has 6 heteroatoms. The van der Waals surface area contributed by atoms with Crippen LogP contribution in [0.15, 0.2) is 12.1 Å². The fourth-order valence-corrected chi connectivity index (χ4v) is 1.08. The number of hydrogen-bond acceptors (Lipinski definition) is 4. The summed E-state index contributed by atoms with van der Waals surface area (Å²) >= 11 is 4.24. The number of carbonyl (C=O) groups excluding carboxylic acids is 1. The molecule has 0 spiro atoms. The number of rotatable bonds is 1. The Morgan fingerprint density at radius 1 is 1.29 bits per heavy atom. The van der Waals surface area contributed by atoms with E-state index >= 15 is 0 Å². The SMILES string of the molecule is II.Nc1cc2c(cc1C=O)OCO2. The minimum absolute atomic E-state index is 0.192. The molecule has 0 fully saturated rings. The molecule has 2 rings (SSSR count). The summed E-state index contributed by atoms with van der Waals surface area (Å²) in [7, 11) is 0. The molecule has 0 radical (unpaired) electrons. The molecule has 14 heavy (non-hydrogen) atoms. The van der Waals surface area contributed by atoms with Gasteiger partial charge >= 0.3 is 0 Å². The molecule has 0 saturated heterocycles. The summed E-state index contributed by atoms with van der Waals surface area (Å²) in [4.78, 5) is 10.5. The number of nitrogens with two attached hydrogens (primary N) is 1. The second-order valence-corrected chi connectivity index (χ2v) is 2.45. The number of anilines is 1. The van der Waals surface area contributed by atoms with Crippen LogP contribution in [0.25, 0.3) is 0 Å². The lowest BCUT2D eigenvalue weighted by Gasteiger charge is -1.99. The van der Waals surface area contributed by atoms with Gasteiger partial charge in [0.1, 0.15) is 0 Å². The van der Waals surface area contributed by atoms with Gasteiger partial charge in [0, 0.05) is 54.5 Å². The molecule has 76 valence electrons. The van der Waals surface area contributed by atoms with Crippen molar-refractivity contribution < 1.29 is 14.3 Å². The molecule has 0 unspecified atom stereocenters. The lowest BCUT2D eigenvalue weighted by molar-refractivity contribution is 0.112. The molecule has 1 aliphatic heterocycles. The van der Waals surface area contributed by atoms with Crippen LogP contribution in [0.5, 0.6) is 11.5 Å². The summed E-state index contributed by atoms with van der Waals surface area (Å²) in [5.41, 5.74) is 6.38. The van der Waals surface area contributed by atoms with E-state index in [0.29, 0.717) is 29.0 Å². The fraction of sp³-hybridized carbons (Fsp3) is 0.125. The van der Waals surface area contributed by atoms with E-state index in [1.165, 1.54) is 0 Å². The Morgan fingerprint density at radius 3 is 2.43 bits per heavy atom. The molecule has 0 amide bonds. The van der Waals surface area contributed by atoms with Crippen molar-refractivity contribution >= 4 is 49.2 Å². The summed E-state index contributed by atoms with van der Waals surface area (Å²) < 4.78 is 10.1. The number of benzene rings is 1. The van der Waals surface area contributed by atoms with E-state index in [1.54, 1.807) is 12.1 Å². The molecule has 4 nitrogen and oxygen atoms in total. The topological polar surface area (TPSA) is 61.6 Å². The summed E-state index contributed by atoms with van der Waals surface area (Å²) in [5, 5.41) is 0. The van der Waals surface area contributed by atoms with Crippen molar-refractivity contribution in [2.45, 2.75) is 0 Å². The van der Waals surface area contributed by atoms with E-state index in [1.807, 2.05) is 0 Å². The van der Waals surface area contributed by atoms with E-state index in [0.717, 1.165) is 0 Å². The highest BCUT2D eigenvalue weighted by Gasteiger charge is 2.15. The molecule has 2 N–H and O–H groups in total. The first-order valence-electron chi connectivity index (χ1n) is 3.60. The van der Waals surface area contributed by atoms with E-state index < -0.39 is 0 Å². The van der Waals surface area contributed by atoms with Gasteiger partial charge in [-0.25, -0.2) is 0 Å². The maximum Gasteiger partial charge on any atom is 0.231 e. The highest BCUT2D eigenvalue weighted by Crippen LogP contribution is 2.35. The van der Waals surface area contributed by atoms with Gasteiger partial charge in [-0.2, -0.15) is 0 Å². The molecule has 0 saturated carbocycles. The van der Waals surface area contributed by atoms with E-state index in [9.17, 15) is 4.79 Å². The summed E-state index contributed by atoms with van der Waals surface area (Å²) in [6.45, 7) is 0.192. The van der Waals surface area contributed by atoms with Gasteiger partial charge in [0.15, 0.2) is 17.8 Å². The second-order valence-electron chi connectivity index (χ2n) is 2.45. The maximum atomic E-state index is 10.5. The lowest BCUT2D eigenvalue weighted by Crippen LogP contribution is -1.92. The zero-order chi connectivity index (χ0) is 10.6. The van der Waals surface area contributed by atoms with Crippen LogP contribution in [-0.4, -0.2) is 13.1 Å². The summed E-state index contributed by atoms with van der Waals surface area (Å²) in [6.07, 6.45) is 0.692. The number of fused-ring (bicyclic) bond motifs is 1. The molecule has 1 aromatic carbocycles. The van der Waals surface area contributed by atoms with Crippen molar-refractivity contribution in [1.29, 1.82) is 0 Å². The van der Waals surface area contributed by atoms with Crippen molar-refractivity contribution in [3.8, 4) is 11.5 Å². The quantitative estimate of drug-likeness (QED) is 0.432. The summed E-state index contributed by atoms with van der Waals surface area (Å²) in [5.74, 6) is 1.17. The van der Waals surface area contributed by atoms with Crippen LogP contribution in [0.2, 0.25) is 0 Å². The first kappa shape index (κ1) is 11.8. The third kappa shape index (κ3) is 2.41. The molecule has 0 bridgehead atoms. The van der Waals surface area contributed by atoms with Crippen LogP contribution in [0.1, 0.15) is 10.4 Å². The molecule has 0 aromatic heterocycles. The predicted octanol–water partition coefficient (Wildman–Crippen LogP) is 2.58. The standard InChI is InChI=1S/C8H7NO3.I2/c9-6-2-8-7(11-4-12-8)1-5(6)3-10;1-2/h1-3H,4,9H2;. The highest BCUT2D eigenvalue weighted by molar-refractivity contribution is 15.0. The molecular weight excluding hydrogens is 412 g/mol. The normalized spacial score (nSPS) is 11.6. The molecule has 0 aliphatic carbocycles. The third-order valence-corrected chi connectivity index (χ3v) is 1.71. The zero-order valence-corrected chi connectivity index (χ0v) is 11.3. The van der Waals surface area contributed by atoms with Crippen LogP contribution in [0, 0.1) is 0 Å². The smallest absolute Gasteiger partial charge is 0.231 e. The van der Waals surface area contributed by atoms with E-state index in [4.69, 9.17) is 15.2 Å². The van der Waals surface area contributed by atoms with Gasteiger partial charge in [-0.05, 0) is 6.07 Å². The minimum atomic E-state index is 0.192. The van der Waals surface area contributed by atoms with Crippen LogP contribution in [0.4, 0.5) is 5.69 Å². The molecule has 1 heterocycles. The zero-order valence-electron chi connectivity index (χ0n) is 7.00. The van der Waals surface area contributed by atoms with Crippen molar-refractivity contribution in [3.05, 3.63) is 17.7 Å². The van der Waals surface area contributed by atoms with Crippen molar-refractivity contribution in [3.63, 3.8) is 0 Å². The molecule has 1 aromatic rings. The number of halogens is 2. The molecule has 1 aliphatic rings. The van der Waals surface area contributed by atoms with Gasteiger partial charge < -0.3 is 15.2 Å². The van der Waals surface area contributed by atoms with Gasteiger partial charge in [-0.3, -0.25) is 4.79 Å². The van der Waals surface area contributed by atoms with Crippen molar-refractivity contribution in [2.24, 2.45) is 0 Å². The van der Waals surface area contributed by atoms with Gasteiger partial charge in [0.05, 0.1) is 0 Å². The Kier molecular flexibility index (Phi) is 4.72. The van der Waals surface area contributed by atoms with Gasteiger partial charge in [-0.1, -0.05) is 0 Å². The highest BCUT2D eigenvalue weighted by atomic mass is 128.